The largest absolute Gasteiger partial charge is 0.457 e. The molecule has 394 valence electrons. The van der Waals surface area contributed by atoms with Gasteiger partial charge in [-0.1, -0.05) is 65.5 Å². The number of hydrogen-bond donors (Lipinski definition) is 7. The molecule has 1 aromatic rings. The van der Waals surface area contributed by atoms with Gasteiger partial charge in [0.2, 0.25) is 23.5 Å². The van der Waals surface area contributed by atoms with Crippen LogP contribution in [0.1, 0.15) is 110 Å². The lowest BCUT2D eigenvalue weighted by molar-refractivity contribution is -0.207. The van der Waals surface area contributed by atoms with Crippen molar-refractivity contribution in [1.29, 1.82) is 0 Å². The van der Waals surface area contributed by atoms with Crippen LogP contribution in [0.25, 0.3) is 0 Å². The summed E-state index contributed by atoms with van der Waals surface area (Å²) in [7, 11) is 0. The zero-order valence-electron chi connectivity index (χ0n) is 42.3. The van der Waals surface area contributed by atoms with Gasteiger partial charge in [-0.25, -0.2) is 14.4 Å². The molecule has 8 N–H and O–H groups in total. The fraction of sp³-hybridized carbons (Fsp3) is 0.654. The van der Waals surface area contributed by atoms with E-state index >= 15 is 0 Å². The maximum Gasteiger partial charge on any atom is 0.407 e. The second-order valence-electron chi connectivity index (χ2n) is 20.7. The lowest BCUT2D eigenvalue weighted by atomic mass is 9.39. The number of esters is 1. The van der Waals surface area contributed by atoms with Gasteiger partial charge in [0.15, 0.2) is 17.2 Å². The fourth-order valence-electron chi connectivity index (χ4n) is 12.4. The summed E-state index contributed by atoms with van der Waals surface area (Å²) in [6.45, 7) is 11.2. The first-order valence-electron chi connectivity index (χ1n) is 25.2. The van der Waals surface area contributed by atoms with E-state index in [1.165, 1.54) is 18.4 Å². The van der Waals surface area contributed by atoms with Crippen LogP contribution in [0.5, 0.6) is 0 Å². The number of carbonyl (C=O) groups excluding carboxylic acids is 8. The van der Waals surface area contributed by atoms with Gasteiger partial charge in [0, 0.05) is 61.3 Å². The van der Waals surface area contributed by atoms with Crippen LogP contribution in [0.4, 0.5) is 9.59 Å². The molecule has 5 aliphatic rings. The lowest BCUT2D eigenvalue weighted by Gasteiger charge is -2.66. The first-order chi connectivity index (χ1) is 34.2. The molecule has 1 heterocycles. The Labute approximate surface area is 426 Å². The number of carbonyl (C=O) groups is 8. The summed E-state index contributed by atoms with van der Waals surface area (Å²) in [6.07, 6.45) is 11.0. The highest BCUT2D eigenvalue weighted by Crippen LogP contribution is 2.74. The monoisotopic (exact) mass is 1020 g/mol. The van der Waals surface area contributed by atoms with E-state index in [0.29, 0.717) is 19.3 Å². The summed E-state index contributed by atoms with van der Waals surface area (Å²) in [5, 5.41) is 16.4. The molecule has 72 heavy (non-hydrogen) atoms. The average molecular weight is 1020 g/mol. The van der Waals surface area contributed by atoms with Crippen LogP contribution in [-0.2, 0) is 38.2 Å². The fourth-order valence-corrected chi connectivity index (χ4v) is 12.6. The minimum atomic E-state index is -1.71. The predicted molar refractivity (Wildman–Crippen MR) is 265 cm³/mol. The van der Waals surface area contributed by atoms with Crippen molar-refractivity contribution < 1.29 is 57.0 Å². The molecule has 3 saturated carbocycles. The number of rotatable bonds is 21. The Morgan fingerprint density at radius 2 is 1.69 bits per heavy atom. The number of alkyl halides is 1. The van der Waals surface area contributed by atoms with E-state index in [2.05, 4.69) is 50.7 Å². The molecule has 3 fully saturated rings. The summed E-state index contributed by atoms with van der Waals surface area (Å²) in [4.78, 5) is 106. The van der Waals surface area contributed by atoms with Crippen LogP contribution >= 0.6 is 11.6 Å². The molecule has 6 amide bonds. The van der Waals surface area contributed by atoms with Gasteiger partial charge < -0.3 is 56.3 Å². The molecule has 0 spiro atoms. The summed E-state index contributed by atoms with van der Waals surface area (Å²) >= 11 is 6.36. The smallest absolute Gasteiger partial charge is 0.407 e. The van der Waals surface area contributed by atoms with Gasteiger partial charge in [0.25, 0.3) is 0 Å². The Morgan fingerprint density at radius 1 is 0.944 bits per heavy atom. The number of primary amides is 1. The molecule has 0 radical (unpaired) electrons. The zero-order chi connectivity index (χ0) is 52.4. The van der Waals surface area contributed by atoms with Crippen molar-refractivity contribution in [3.05, 3.63) is 48.0 Å². The number of alkyl carbamates (subject to hydrolysis) is 1. The van der Waals surface area contributed by atoms with Crippen molar-refractivity contribution in [3.63, 3.8) is 0 Å². The molecule has 1 unspecified atom stereocenters. The number of hydrogen-bond acceptors (Lipinski definition) is 13. The van der Waals surface area contributed by atoms with Gasteiger partial charge in [-0.3, -0.25) is 24.0 Å². The minimum absolute atomic E-state index is 0.0743. The molecular weight excluding hydrogens is 950 g/mol. The second kappa shape index (κ2) is 23.9. The van der Waals surface area contributed by atoms with E-state index in [9.17, 15) is 38.4 Å². The molecule has 6 rings (SSSR count). The van der Waals surface area contributed by atoms with E-state index in [0.717, 1.165) is 37.7 Å². The highest BCUT2D eigenvalue weighted by atomic mass is 35.5. The number of halogens is 1. The zero-order valence-corrected chi connectivity index (χ0v) is 43.0. The number of nitrogens with two attached hydrogens (primary N) is 1. The van der Waals surface area contributed by atoms with E-state index in [1.54, 1.807) is 12.1 Å². The molecular formula is C52H72ClN7O12. The number of Topliss-reactive ketones (excluding diaryl/α,β-unsaturated/α-hetero) is 1. The van der Waals surface area contributed by atoms with Gasteiger partial charge in [0.05, 0.1) is 18.2 Å². The van der Waals surface area contributed by atoms with Gasteiger partial charge in [-0.05, 0) is 87.0 Å². The number of fused-ring (bicyclic) bond motifs is 5. The number of allylic oxidation sites excluding steroid dienone is 4. The first kappa shape index (κ1) is 55.6. The number of ether oxygens (including phenoxy) is 3. The molecule has 1 aromatic heterocycles. The Hall–Kier alpha value is -5.71. The topological polar surface area (TPSA) is 276 Å². The summed E-state index contributed by atoms with van der Waals surface area (Å²) in [5.74, 6) is 1.60. The highest BCUT2D eigenvalue weighted by Gasteiger charge is 2.76. The molecule has 0 saturated heterocycles. The van der Waals surface area contributed by atoms with Crippen molar-refractivity contribution in [3.8, 4) is 11.8 Å². The third kappa shape index (κ3) is 11.7. The number of furan rings is 1. The predicted octanol–water partition coefficient (Wildman–Crippen LogP) is 3.98. The Morgan fingerprint density at radius 3 is 2.40 bits per heavy atom. The van der Waals surface area contributed by atoms with E-state index in [1.807, 2.05) is 40.7 Å². The summed E-state index contributed by atoms with van der Waals surface area (Å²) in [6, 6.07) is 0.0303. The van der Waals surface area contributed by atoms with Gasteiger partial charge in [0.1, 0.15) is 24.9 Å². The summed E-state index contributed by atoms with van der Waals surface area (Å²) < 4.78 is 23.9. The van der Waals surface area contributed by atoms with E-state index in [4.69, 9.17) is 36.0 Å². The molecule has 11 atom stereocenters. The van der Waals surface area contributed by atoms with Gasteiger partial charge in [-0.2, -0.15) is 0 Å². The Bertz CT molecular complexity index is 2330. The van der Waals surface area contributed by atoms with Crippen molar-refractivity contribution >= 4 is 59.0 Å². The van der Waals surface area contributed by atoms with Gasteiger partial charge in [-0.15, -0.1) is 17.5 Å². The van der Waals surface area contributed by atoms with Crippen LogP contribution in [0.2, 0.25) is 0 Å². The van der Waals surface area contributed by atoms with Crippen LogP contribution in [0.3, 0.4) is 0 Å². The van der Waals surface area contributed by atoms with E-state index in [-0.39, 0.29) is 87.1 Å². The molecule has 0 aliphatic heterocycles. The van der Waals surface area contributed by atoms with Crippen molar-refractivity contribution in [1.82, 2.24) is 31.9 Å². The minimum Gasteiger partial charge on any atom is -0.457 e. The molecule has 0 bridgehead atoms. The maximum atomic E-state index is 14.3. The van der Waals surface area contributed by atoms with Crippen molar-refractivity contribution in [2.45, 2.75) is 129 Å². The lowest BCUT2D eigenvalue weighted by Crippen LogP contribution is -2.68. The Kier molecular flexibility index (Phi) is 18.4. The molecule has 19 nitrogen and oxygen atoms in total. The summed E-state index contributed by atoms with van der Waals surface area (Å²) in [5.41, 5.74) is 1.90. The number of nitrogens with one attached hydrogen (secondary N) is 6. The quantitative estimate of drug-likeness (QED) is 0.0398. The van der Waals surface area contributed by atoms with Crippen LogP contribution < -0.4 is 37.6 Å². The van der Waals surface area contributed by atoms with Crippen LogP contribution in [0.15, 0.2) is 46.6 Å². The SMILES string of the molecule is CC(C)[C@@H](NCCNC(=O)COC1C#CCCCCC1)C(=O)N[C@H](CNC(N)=O)C(=O)NCCNC(=O)O[C@H]1C[C@@]2(C)[C@@H](C[C@@H](C)[C@]2(OC(=O)c2ccco2)C(=O)CCl)[C@@H]2CCC3=CC(=O)C=C[C@]3(C)[C@@]12C. The third-order valence-electron chi connectivity index (χ3n) is 16.2. The first-order valence-corrected chi connectivity index (χ1v) is 25.7. The maximum absolute atomic E-state index is 14.3. The molecule has 20 heteroatoms. The van der Waals surface area contributed by atoms with Crippen molar-refractivity contribution in [2.75, 3.05) is 45.2 Å². The van der Waals surface area contributed by atoms with Crippen LogP contribution in [-0.4, -0.2) is 122 Å². The average Bonchev–Trinajstić information content (AvgIpc) is 3.94. The standard InChI is InChI=1S/C52H72ClN7O12/c1-31(2)43(56-21-20-55-42(63)30-70-35-13-10-8-7-9-11-14-35)45(65)60-38(29-59-47(54)67)44(64)57-22-23-58-48(68)71-41-27-50(5)37(36-17-16-33-26-34(61)18-19-49(33,4)51(36,41)6)25-32(3)52(50,40(62)28-53)72-46(66)39-15-12-24-69-39/h12,15,18-19,24,26,31-32,35-38,41,43,56H,7-10,13,16-17,20-23,25,27-30H2,1-6H3,(H,55,63)(H,57,64)(H,58,68)(H,60,65)(H3,54,59,67)/t32-,35?,36+,37+,38-,41+,43-,49+,50+,51-,52+/m1/s1. The van der Waals surface area contributed by atoms with Crippen LogP contribution in [0, 0.1) is 51.8 Å². The number of urea groups is 1. The van der Waals surface area contributed by atoms with Crippen molar-refractivity contribution in [2.24, 2.45) is 45.7 Å². The third-order valence-corrected chi connectivity index (χ3v) is 16.4. The molecule has 5 aliphatic carbocycles. The van der Waals surface area contributed by atoms with E-state index < -0.39 is 87.5 Å². The normalized spacial score (nSPS) is 30.2. The van der Waals surface area contributed by atoms with Gasteiger partial charge >= 0.3 is 18.1 Å². The number of amides is 6. The Balaban J connectivity index is 1.10. The highest BCUT2D eigenvalue weighted by molar-refractivity contribution is 6.29. The second-order valence-corrected chi connectivity index (χ2v) is 21.0. The molecule has 0 aromatic carbocycles. The number of ketones is 2.